The van der Waals surface area contributed by atoms with Crippen LogP contribution in [0.25, 0.3) is 0 Å². The predicted octanol–water partition coefficient (Wildman–Crippen LogP) is 0.925. The second kappa shape index (κ2) is 7.37. The highest BCUT2D eigenvalue weighted by Crippen LogP contribution is 2.11. The van der Waals surface area contributed by atoms with E-state index in [2.05, 4.69) is 20.5 Å². The number of carbonyl (C=O) groups excluding carboxylic acids is 1. The van der Waals surface area contributed by atoms with E-state index in [1.807, 2.05) is 0 Å². The van der Waals surface area contributed by atoms with Gasteiger partial charge in [0.15, 0.2) is 16.8 Å². The van der Waals surface area contributed by atoms with Crippen molar-refractivity contribution in [1.29, 1.82) is 0 Å². The Morgan fingerprint density at radius 1 is 1.48 bits per heavy atom. The van der Waals surface area contributed by atoms with Gasteiger partial charge in [-0.05, 0) is 27.2 Å². The number of aliphatic hydroxyl groups is 1. The van der Waals surface area contributed by atoms with E-state index >= 15 is 0 Å². The van der Waals surface area contributed by atoms with Gasteiger partial charge in [-0.25, -0.2) is 9.78 Å². The number of alkyl carbamates (subject to hydrolysis) is 1. The molecule has 0 bridgehead atoms. The Kier molecular flexibility index (Phi) is 6.10. The Bertz CT molecular complexity index is 492. The summed E-state index contributed by atoms with van der Waals surface area (Å²) in [6.45, 7) is 5.36. The highest BCUT2D eigenvalue weighted by Gasteiger charge is 2.17. The third kappa shape index (κ3) is 7.05. The third-order valence-corrected chi connectivity index (χ3v) is 2.57. The van der Waals surface area contributed by atoms with Gasteiger partial charge >= 0.3 is 6.09 Å². The molecule has 1 amide bonds. The largest absolute Gasteiger partial charge is 0.444 e. The van der Waals surface area contributed by atoms with Crippen LogP contribution in [0.1, 0.15) is 33.0 Å². The van der Waals surface area contributed by atoms with Crippen LogP contribution < -0.4 is 11.1 Å². The van der Waals surface area contributed by atoms with E-state index in [4.69, 9.17) is 22.1 Å². The molecule has 1 aromatic rings. The standard InChI is InChI=1S/C12H20ClN5O3/c1-12(2,3)21-11(20)15-6-7(19)4-5-8-16-10(14)9(13)18-17-8/h7,19H,4-6H2,1-3H3,(H,15,20)(H2,14,16,17). The highest BCUT2D eigenvalue weighted by atomic mass is 35.5. The smallest absolute Gasteiger partial charge is 0.407 e. The predicted molar refractivity (Wildman–Crippen MR) is 77.8 cm³/mol. The first kappa shape index (κ1) is 17.4. The molecule has 0 saturated carbocycles. The Morgan fingerprint density at radius 2 is 2.14 bits per heavy atom. The molecule has 0 aliphatic carbocycles. The summed E-state index contributed by atoms with van der Waals surface area (Å²) in [5.41, 5.74) is 4.93. The molecule has 21 heavy (non-hydrogen) atoms. The number of aromatic nitrogens is 3. The SMILES string of the molecule is CC(C)(C)OC(=O)NCC(O)CCc1nnc(Cl)c(N)n1. The number of rotatable bonds is 5. The summed E-state index contributed by atoms with van der Waals surface area (Å²) in [7, 11) is 0. The van der Waals surface area contributed by atoms with Gasteiger partial charge in [0.2, 0.25) is 0 Å². The minimum atomic E-state index is -0.752. The number of carbonyl (C=O) groups is 1. The number of nitrogen functional groups attached to an aromatic ring is 1. The van der Waals surface area contributed by atoms with Crippen molar-refractivity contribution in [2.75, 3.05) is 12.3 Å². The monoisotopic (exact) mass is 317 g/mol. The summed E-state index contributed by atoms with van der Waals surface area (Å²) >= 11 is 5.61. The molecule has 9 heteroatoms. The lowest BCUT2D eigenvalue weighted by molar-refractivity contribution is 0.0488. The van der Waals surface area contributed by atoms with Gasteiger partial charge in [0.05, 0.1) is 6.10 Å². The molecule has 1 aromatic heterocycles. The number of nitrogens with one attached hydrogen (secondary N) is 1. The molecule has 0 fully saturated rings. The van der Waals surface area contributed by atoms with Crippen molar-refractivity contribution in [2.24, 2.45) is 0 Å². The summed E-state index contributed by atoms with van der Waals surface area (Å²) in [6, 6.07) is 0. The molecular weight excluding hydrogens is 298 g/mol. The molecule has 1 atom stereocenters. The molecule has 1 heterocycles. The Hall–Kier alpha value is -1.67. The van der Waals surface area contributed by atoms with E-state index in [-0.39, 0.29) is 17.5 Å². The van der Waals surface area contributed by atoms with Crippen molar-refractivity contribution < 1.29 is 14.6 Å². The van der Waals surface area contributed by atoms with Gasteiger partial charge < -0.3 is 20.9 Å². The second-order valence-electron chi connectivity index (χ2n) is 5.48. The molecule has 0 radical (unpaired) electrons. The number of anilines is 1. The normalized spacial score (nSPS) is 12.8. The van der Waals surface area contributed by atoms with E-state index < -0.39 is 17.8 Å². The molecule has 4 N–H and O–H groups in total. The van der Waals surface area contributed by atoms with Crippen molar-refractivity contribution in [3.05, 3.63) is 11.0 Å². The number of amides is 1. The van der Waals surface area contributed by atoms with Crippen LogP contribution in [-0.4, -0.2) is 44.6 Å². The van der Waals surface area contributed by atoms with Crippen molar-refractivity contribution >= 4 is 23.5 Å². The molecule has 0 aromatic carbocycles. The lowest BCUT2D eigenvalue weighted by Gasteiger charge is -2.20. The quantitative estimate of drug-likeness (QED) is 0.737. The van der Waals surface area contributed by atoms with E-state index in [1.54, 1.807) is 20.8 Å². The Balaban J connectivity index is 2.32. The highest BCUT2D eigenvalue weighted by molar-refractivity contribution is 6.31. The maximum atomic E-state index is 11.4. The Labute approximate surface area is 128 Å². The average molecular weight is 318 g/mol. The molecule has 8 nitrogen and oxygen atoms in total. The zero-order chi connectivity index (χ0) is 16.0. The van der Waals surface area contributed by atoms with Crippen molar-refractivity contribution in [1.82, 2.24) is 20.5 Å². The van der Waals surface area contributed by atoms with Crippen LogP contribution in [0.3, 0.4) is 0 Å². The van der Waals surface area contributed by atoms with Gasteiger partial charge in [-0.1, -0.05) is 11.6 Å². The van der Waals surface area contributed by atoms with Crippen LogP contribution in [-0.2, 0) is 11.2 Å². The topological polar surface area (TPSA) is 123 Å². The maximum absolute atomic E-state index is 11.4. The maximum Gasteiger partial charge on any atom is 0.407 e. The van der Waals surface area contributed by atoms with Gasteiger partial charge in [-0.15, -0.1) is 10.2 Å². The fourth-order valence-electron chi connectivity index (χ4n) is 1.38. The van der Waals surface area contributed by atoms with Crippen LogP contribution in [0.2, 0.25) is 5.15 Å². The third-order valence-electron chi connectivity index (χ3n) is 2.30. The van der Waals surface area contributed by atoms with Crippen LogP contribution in [0.4, 0.5) is 10.6 Å². The minimum Gasteiger partial charge on any atom is -0.444 e. The zero-order valence-corrected chi connectivity index (χ0v) is 13.0. The van der Waals surface area contributed by atoms with Crippen molar-refractivity contribution in [3.63, 3.8) is 0 Å². The summed E-state index contributed by atoms with van der Waals surface area (Å²) < 4.78 is 5.05. The van der Waals surface area contributed by atoms with Crippen LogP contribution in [0.15, 0.2) is 0 Å². The first-order valence-electron chi connectivity index (χ1n) is 6.47. The molecule has 0 aliphatic heterocycles. The fraction of sp³-hybridized carbons (Fsp3) is 0.667. The summed E-state index contributed by atoms with van der Waals surface area (Å²) in [5.74, 6) is 0.483. The number of halogens is 1. The molecule has 1 unspecified atom stereocenters. The summed E-state index contributed by atoms with van der Waals surface area (Å²) in [4.78, 5) is 15.3. The van der Waals surface area contributed by atoms with Crippen LogP contribution >= 0.6 is 11.6 Å². The van der Waals surface area contributed by atoms with Gasteiger partial charge in [-0.2, -0.15) is 0 Å². The summed E-state index contributed by atoms with van der Waals surface area (Å²) in [5, 5.41) is 19.7. The summed E-state index contributed by atoms with van der Waals surface area (Å²) in [6.07, 6.45) is -0.613. The fourth-order valence-corrected chi connectivity index (χ4v) is 1.46. The number of aryl methyl sites for hydroxylation is 1. The van der Waals surface area contributed by atoms with Crippen molar-refractivity contribution in [3.8, 4) is 0 Å². The number of nitrogens with two attached hydrogens (primary N) is 1. The second-order valence-corrected chi connectivity index (χ2v) is 5.84. The van der Waals surface area contributed by atoms with E-state index in [9.17, 15) is 9.90 Å². The lowest BCUT2D eigenvalue weighted by atomic mass is 10.2. The number of ether oxygens (including phenoxy) is 1. The molecule has 0 aliphatic rings. The zero-order valence-electron chi connectivity index (χ0n) is 12.3. The first-order valence-corrected chi connectivity index (χ1v) is 6.84. The van der Waals surface area contributed by atoms with E-state index in [0.29, 0.717) is 18.7 Å². The van der Waals surface area contributed by atoms with Gasteiger partial charge in [0, 0.05) is 13.0 Å². The number of hydrogen-bond acceptors (Lipinski definition) is 7. The van der Waals surface area contributed by atoms with E-state index in [0.717, 1.165) is 0 Å². The van der Waals surface area contributed by atoms with Gasteiger partial charge in [0.25, 0.3) is 0 Å². The average Bonchev–Trinajstić information content (AvgIpc) is 2.36. The molecule has 0 spiro atoms. The lowest BCUT2D eigenvalue weighted by Crippen LogP contribution is -2.37. The molecule has 0 saturated heterocycles. The molecular formula is C12H20ClN5O3. The number of nitrogens with zero attached hydrogens (tertiary/aromatic N) is 3. The van der Waals surface area contributed by atoms with Gasteiger partial charge in [0.1, 0.15) is 5.60 Å². The number of aliphatic hydroxyl groups excluding tert-OH is 1. The number of hydrogen-bond donors (Lipinski definition) is 3. The minimum absolute atomic E-state index is 0.0471. The van der Waals surface area contributed by atoms with Gasteiger partial charge in [-0.3, -0.25) is 0 Å². The first-order chi connectivity index (χ1) is 9.67. The Morgan fingerprint density at radius 3 is 2.71 bits per heavy atom. The molecule has 118 valence electrons. The van der Waals surface area contributed by atoms with Crippen LogP contribution in [0.5, 0.6) is 0 Å². The van der Waals surface area contributed by atoms with Crippen LogP contribution in [0, 0.1) is 0 Å². The van der Waals surface area contributed by atoms with Crippen molar-refractivity contribution in [2.45, 2.75) is 45.3 Å². The van der Waals surface area contributed by atoms with E-state index in [1.165, 1.54) is 0 Å². The molecule has 1 rings (SSSR count).